The second-order valence-electron chi connectivity index (χ2n) is 3.11. The molecule has 1 saturated heterocycles. The van der Waals surface area contributed by atoms with E-state index >= 15 is 0 Å². The number of ether oxygens (including phenoxy) is 1. The molecule has 3 nitrogen and oxygen atoms in total. The molecule has 0 radical (unpaired) electrons. The molecule has 0 amide bonds. The van der Waals surface area contributed by atoms with Crippen LogP contribution in [0, 0.1) is 0 Å². The highest BCUT2D eigenvalue weighted by Crippen LogP contribution is 2.11. The molecule has 0 aromatic carbocycles. The number of nitrogens with zero attached hydrogens (tertiary/aromatic N) is 1. The Balaban J connectivity index is 2.03. The van der Waals surface area contributed by atoms with E-state index in [9.17, 15) is 0 Å². The van der Waals surface area contributed by atoms with Crippen molar-refractivity contribution in [2.45, 2.75) is 18.9 Å². The van der Waals surface area contributed by atoms with Crippen LogP contribution in [0.1, 0.15) is 12.8 Å². The van der Waals surface area contributed by atoms with E-state index in [2.05, 4.69) is 4.90 Å². The molecule has 0 spiro atoms. The smallest absolute Gasteiger partial charge is 0.109 e. The molecule has 72 valence electrons. The molecule has 1 fully saturated rings. The van der Waals surface area contributed by atoms with Gasteiger partial charge in [-0.1, -0.05) is 0 Å². The van der Waals surface area contributed by atoms with Crippen LogP contribution in [0.25, 0.3) is 0 Å². The Hall–Kier alpha value is 0.610. The van der Waals surface area contributed by atoms with Gasteiger partial charge in [0.15, 0.2) is 0 Å². The van der Waals surface area contributed by atoms with Crippen LogP contribution in [0.5, 0.6) is 0 Å². The number of hydrogen-bond donors (Lipinski definition) is 0. The third-order valence-corrected chi connectivity index (χ3v) is 2.70. The first-order valence-corrected chi connectivity index (χ1v) is 5.23. The topological polar surface area (TPSA) is 21.7 Å². The zero-order valence-corrected chi connectivity index (χ0v) is 9.62. The fourth-order valence-electron chi connectivity index (χ4n) is 1.54. The predicted molar refractivity (Wildman–Crippen MR) is 56.4 cm³/mol. The molecule has 12 heavy (non-hydrogen) atoms. The average Bonchev–Trinajstić information content (AvgIpc) is 2.53. The summed E-state index contributed by atoms with van der Waals surface area (Å²) in [4.78, 5) is 2.43. The van der Waals surface area contributed by atoms with Crippen LogP contribution in [0.2, 0.25) is 0 Å². The highest BCUT2D eigenvalue weighted by molar-refractivity contribution is 14.1. The van der Waals surface area contributed by atoms with Crippen LogP contribution in [0.4, 0.5) is 0 Å². The van der Waals surface area contributed by atoms with Gasteiger partial charge in [0.2, 0.25) is 0 Å². The van der Waals surface area contributed by atoms with E-state index in [1.165, 1.54) is 13.0 Å². The fourth-order valence-corrected chi connectivity index (χ4v) is 1.85. The summed E-state index contributed by atoms with van der Waals surface area (Å²) in [5, 5.41) is 0. The summed E-state index contributed by atoms with van der Waals surface area (Å²) in [7, 11) is 1.79. The Bertz CT molecular complexity index is 124. The highest BCUT2D eigenvalue weighted by atomic mass is 127. The molecule has 1 aliphatic rings. The lowest BCUT2D eigenvalue weighted by Crippen LogP contribution is -2.24. The normalized spacial score (nSPS) is 25.0. The molecule has 1 heterocycles. The van der Waals surface area contributed by atoms with Gasteiger partial charge >= 0.3 is 0 Å². The fraction of sp³-hybridized carbons (Fsp3) is 1.00. The van der Waals surface area contributed by atoms with Gasteiger partial charge in [-0.2, -0.15) is 0 Å². The quantitative estimate of drug-likeness (QED) is 0.564. The minimum absolute atomic E-state index is 0.463. The van der Waals surface area contributed by atoms with Crippen LogP contribution >= 0.6 is 23.0 Å². The summed E-state index contributed by atoms with van der Waals surface area (Å²) in [5.74, 6) is 0. The van der Waals surface area contributed by atoms with Crippen molar-refractivity contribution in [1.82, 2.24) is 4.90 Å². The van der Waals surface area contributed by atoms with Gasteiger partial charge in [-0.05, 0) is 12.8 Å². The zero-order valence-electron chi connectivity index (χ0n) is 7.46. The van der Waals surface area contributed by atoms with Gasteiger partial charge in [-0.3, -0.25) is 0 Å². The largest absolute Gasteiger partial charge is 0.380 e. The van der Waals surface area contributed by atoms with Gasteiger partial charge in [-0.15, -0.1) is 0 Å². The Labute approximate surface area is 88.1 Å². The summed E-state index contributed by atoms with van der Waals surface area (Å²) < 4.78 is 10.2. The SMILES string of the molecule is COC1CCN(CCCOI)C1. The van der Waals surface area contributed by atoms with Crippen LogP contribution in [0.3, 0.4) is 0 Å². The molecule has 1 aliphatic heterocycles. The van der Waals surface area contributed by atoms with Gasteiger partial charge in [0, 0.05) is 26.7 Å². The zero-order chi connectivity index (χ0) is 8.81. The van der Waals surface area contributed by atoms with Crippen LogP contribution in [-0.2, 0) is 7.80 Å². The van der Waals surface area contributed by atoms with E-state index in [4.69, 9.17) is 7.80 Å². The van der Waals surface area contributed by atoms with Crippen molar-refractivity contribution in [3.05, 3.63) is 0 Å². The molecule has 1 rings (SSSR count). The highest BCUT2D eigenvalue weighted by Gasteiger charge is 2.20. The second kappa shape index (κ2) is 6.12. The summed E-state index contributed by atoms with van der Waals surface area (Å²) in [6.07, 6.45) is 2.77. The molecule has 4 heteroatoms. The third kappa shape index (κ3) is 3.55. The van der Waals surface area contributed by atoms with Crippen LogP contribution in [0.15, 0.2) is 0 Å². The van der Waals surface area contributed by atoms with E-state index in [1.807, 2.05) is 23.0 Å². The van der Waals surface area contributed by atoms with Crippen LogP contribution < -0.4 is 0 Å². The summed E-state index contributed by atoms with van der Waals surface area (Å²) in [5.41, 5.74) is 0. The minimum Gasteiger partial charge on any atom is -0.380 e. The third-order valence-electron chi connectivity index (χ3n) is 2.26. The summed E-state index contributed by atoms with van der Waals surface area (Å²) >= 11 is 1.94. The Morgan fingerprint density at radius 2 is 2.42 bits per heavy atom. The number of methoxy groups -OCH3 is 1. The van der Waals surface area contributed by atoms with Gasteiger partial charge in [0.25, 0.3) is 0 Å². The lowest BCUT2D eigenvalue weighted by atomic mass is 10.3. The number of rotatable bonds is 5. The van der Waals surface area contributed by atoms with E-state index in [0.717, 1.165) is 26.1 Å². The van der Waals surface area contributed by atoms with Crippen molar-refractivity contribution in [2.75, 3.05) is 33.4 Å². The first-order chi connectivity index (χ1) is 5.86. The maximum atomic E-state index is 5.27. The van der Waals surface area contributed by atoms with Crippen molar-refractivity contribution in [3.63, 3.8) is 0 Å². The Kier molecular flexibility index (Phi) is 5.45. The van der Waals surface area contributed by atoms with Gasteiger partial charge in [0.05, 0.1) is 12.7 Å². The Morgan fingerprint density at radius 1 is 1.58 bits per heavy atom. The number of halogens is 1. The molecule has 0 N–H and O–H groups in total. The molecule has 1 unspecified atom stereocenters. The van der Waals surface area contributed by atoms with E-state index in [1.54, 1.807) is 7.11 Å². The van der Waals surface area contributed by atoms with Crippen molar-refractivity contribution >= 4 is 23.0 Å². The van der Waals surface area contributed by atoms with Crippen molar-refractivity contribution in [1.29, 1.82) is 0 Å². The lowest BCUT2D eigenvalue weighted by Gasteiger charge is -2.14. The van der Waals surface area contributed by atoms with Crippen molar-refractivity contribution in [2.24, 2.45) is 0 Å². The van der Waals surface area contributed by atoms with Crippen molar-refractivity contribution < 1.29 is 7.80 Å². The number of hydrogen-bond acceptors (Lipinski definition) is 3. The molecular weight excluding hydrogens is 269 g/mol. The van der Waals surface area contributed by atoms with Crippen LogP contribution in [-0.4, -0.2) is 44.4 Å². The molecule has 0 aliphatic carbocycles. The standard InChI is InChI=1S/C8H16INO2/c1-11-8-3-5-10(7-8)4-2-6-12-9/h8H,2-7H2,1H3. The van der Waals surface area contributed by atoms with E-state index in [-0.39, 0.29) is 0 Å². The first-order valence-electron chi connectivity index (χ1n) is 4.35. The molecule has 0 saturated carbocycles. The van der Waals surface area contributed by atoms with Gasteiger partial charge < -0.3 is 12.7 Å². The summed E-state index contributed by atoms with van der Waals surface area (Å²) in [6.45, 7) is 4.27. The monoisotopic (exact) mass is 285 g/mol. The minimum atomic E-state index is 0.463. The Morgan fingerprint density at radius 3 is 3.00 bits per heavy atom. The van der Waals surface area contributed by atoms with Gasteiger partial charge in [0.1, 0.15) is 23.0 Å². The average molecular weight is 285 g/mol. The first kappa shape index (κ1) is 10.7. The summed E-state index contributed by atoms with van der Waals surface area (Å²) in [6, 6.07) is 0. The molecule has 0 aromatic rings. The van der Waals surface area contributed by atoms with E-state index < -0.39 is 0 Å². The second-order valence-corrected chi connectivity index (χ2v) is 3.74. The lowest BCUT2D eigenvalue weighted by molar-refractivity contribution is 0.107. The molecular formula is C8H16INO2. The van der Waals surface area contributed by atoms with Gasteiger partial charge in [-0.25, -0.2) is 0 Å². The number of likely N-dealkylation sites (tertiary alicyclic amines) is 1. The maximum absolute atomic E-state index is 5.27. The molecule has 1 atom stereocenters. The maximum Gasteiger partial charge on any atom is 0.109 e. The molecule has 0 aromatic heterocycles. The molecule has 0 bridgehead atoms. The van der Waals surface area contributed by atoms with E-state index in [0.29, 0.717) is 6.10 Å². The van der Waals surface area contributed by atoms with Crippen molar-refractivity contribution in [3.8, 4) is 0 Å². The predicted octanol–water partition coefficient (Wildman–Crippen LogP) is 1.46.